The van der Waals surface area contributed by atoms with Gasteiger partial charge in [-0.15, -0.1) is 0 Å². The van der Waals surface area contributed by atoms with Crippen LogP contribution in [-0.2, 0) is 16.0 Å². The van der Waals surface area contributed by atoms with Crippen LogP contribution in [0.5, 0.6) is 0 Å². The largest absolute Gasteiger partial charge is 0.396 e. The predicted molar refractivity (Wildman–Crippen MR) is 169 cm³/mol. The van der Waals surface area contributed by atoms with Gasteiger partial charge in [-0.1, -0.05) is 68.4 Å². The Balaban J connectivity index is 2.29. The molecule has 11 nitrogen and oxygen atoms in total. The summed E-state index contributed by atoms with van der Waals surface area (Å²) < 4.78 is 0. The van der Waals surface area contributed by atoms with E-state index in [0.717, 1.165) is 10.9 Å². The maximum absolute atomic E-state index is 14.0. The molecule has 1 aromatic heterocycles. The lowest BCUT2D eigenvalue weighted by Gasteiger charge is -2.47. The number of rotatable bonds is 13. The van der Waals surface area contributed by atoms with E-state index < -0.39 is 53.4 Å². The highest BCUT2D eigenvalue weighted by atomic mass is 16.3. The second-order valence-corrected chi connectivity index (χ2v) is 12.5. The Labute approximate surface area is 258 Å². The molecular formula is C33H44N6O5. The van der Waals surface area contributed by atoms with Crippen LogP contribution in [0.25, 0.3) is 10.9 Å². The van der Waals surface area contributed by atoms with Crippen molar-refractivity contribution in [1.29, 1.82) is 0 Å². The molecule has 3 rings (SSSR count). The molecular weight excluding hydrogens is 560 g/mol. The number of aliphatic hydroxyl groups excluding tert-OH is 1. The second-order valence-electron chi connectivity index (χ2n) is 12.5. The standard InChI is InChI=1S/C33H44N6O5/c1-21(2)20-39(31(44)38-32(3,4)5)27(28(34)41)33(30(35)43,24(17-18-40)19-22-11-7-6-8-12-22)37-29(42)26-16-15-23-13-9-10-14-25(23)36-26/h6-16,21,24,27,40H,17-20H2,1-5H3,(H2,34,41)(H2,35,43)(H,37,42)(H,38,44). The first-order valence-corrected chi connectivity index (χ1v) is 14.7. The van der Waals surface area contributed by atoms with Crippen LogP contribution in [0.2, 0.25) is 0 Å². The molecule has 3 atom stereocenters. The molecule has 0 aliphatic carbocycles. The quantitative estimate of drug-likeness (QED) is 0.200. The van der Waals surface area contributed by atoms with E-state index in [1.807, 2.05) is 56.3 Å². The number of fused-ring (bicyclic) bond motifs is 1. The number of aromatic nitrogens is 1. The molecule has 3 unspecified atom stereocenters. The fraction of sp³-hybridized carbons (Fsp3) is 0.424. The van der Waals surface area contributed by atoms with Gasteiger partial charge in [0, 0.05) is 24.1 Å². The monoisotopic (exact) mass is 604 g/mol. The molecule has 44 heavy (non-hydrogen) atoms. The number of carbonyl (C=O) groups is 4. The van der Waals surface area contributed by atoms with Crippen LogP contribution in [0.15, 0.2) is 66.7 Å². The van der Waals surface area contributed by atoms with Crippen LogP contribution in [0, 0.1) is 11.8 Å². The van der Waals surface area contributed by atoms with E-state index >= 15 is 0 Å². The molecule has 1 heterocycles. The molecule has 0 fully saturated rings. The summed E-state index contributed by atoms with van der Waals surface area (Å²) in [5.41, 5.74) is 10.5. The zero-order valence-electron chi connectivity index (χ0n) is 26.0. The average Bonchev–Trinajstić information content (AvgIpc) is 2.94. The van der Waals surface area contributed by atoms with Crippen molar-refractivity contribution in [3.8, 4) is 0 Å². The van der Waals surface area contributed by atoms with Crippen molar-refractivity contribution < 1.29 is 24.3 Å². The molecule has 0 radical (unpaired) electrons. The van der Waals surface area contributed by atoms with Gasteiger partial charge in [0.2, 0.25) is 11.8 Å². The number of hydrogen-bond acceptors (Lipinski definition) is 6. The van der Waals surface area contributed by atoms with E-state index in [-0.39, 0.29) is 31.0 Å². The minimum atomic E-state index is -2.25. The summed E-state index contributed by atoms with van der Waals surface area (Å²) in [5.74, 6) is -4.06. The second kappa shape index (κ2) is 14.3. The summed E-state index contributed by atoms with van der Waals surface area (Å²) in [5, 5.41) is 16.6. The van der Waals surface area contributed by atoms with Crippen LogP contribution in [0.4, 0.5) is 4.79 Å². The highest BCUT2D eigenvalue weighted by Crippen LogP contribution is 2.33. The maximum Gasteiger partial charge on any atom is 0.318 e. The van der Waals surface area contributed by atoms with Crippen molar-refractivity contribution >= 4 is 34.7 Å². The normalized spacial score (nSPS) is 14.3. The lowest BCUT2D eigenvalue weighted by Crippen LogP contribution is -2.76. The minimum Gasteiger partial charge on any atom is -0.396 e. The molecule has 0 saturated heterocycles. The molecule has 236 valence electrons. The summed E-state index contributed by atoms with van der Waals surface area (Å²) in [6, 6.07) is 17.1. The van der Waals surface area contributed by atoms with Gasteiger partial charge in [0.1, 0.15) is 11.7 Å². The van der Waals surface area contributed by atoms with E-state index in [9.17, 15) is 24.3 Å². The number of benzene rings is 2. The first-order chi connectivity index (χ1) is 20.7. The summed E-state index contributed by atoms with van der Waals surface area (Å²) >= 11 is 0. The van der Waals surface area contributed by atoms with Gasteiger partial charge in [-0.2, -0.15) is 0 Å². The van der Waals surface area contributed by atoms with Gasteiger partial charge < -0.3 is 32.1 Å². The molecule has 0 saturated carbocycles. The number of urea groups is 1. The predicted octanol–water partition coefficient (Wildman–Crippen LogP) is 2.75. The van der Waals surface area contributed by atoms with Gasteiger partial charge in [0.05, 0.1) is 5.52 Å². The molecule has 11 heteroatoms. The van der Waals surface area contributed by atoms with E-state index in [1.54, 1.807) is 39.0 Å². The van der Waals surface area contributed by atoms with Gasteiger partial charge in [-0.3, -0.25) is 14.4 Å². The zero-order chi connectivity index (χ0) is 32.7. The van der Waals surface area contributed by atoms with Crippen molar-refractivity contribution in [3.63, 3.8) is 0 Å². The Morgan fingerprint density at radius 3 is 2.11 bits per heavy atom. The van der Waals surface area contributed by atoms with Crippen molar-refractivity contribution in [2.45, 2.75) is 64.6 Å². The Morgan fingerprint density at radius 1 is 0.909 bits per heavy atom. The SMILES string of the molecule is CC(C)CN(C(=O)NC(C)(C)C)C(C(N)=O)C(NC(=O)c1ccc2ccccc2n1)(C(N)=O)C(CCO)Cc1ccccc1. The molecule has 2 aromatic carbocycles. The van der Waals surface area contributed by atoms with Crippen LogP contribution in [-0.4, -0.2) is 69.0 Å². The molecule has 0 spiro atoms. The molecule has 7 N–H and O–H groups in total. The number of nitrogens with zero attached hydrogens (tertiary/aromatic N) is 2. The van der Waals surface area contributed by atoms with Crippen LogP contribution in [0.1, 0.15) is 57.1 Å². The van der Waals surface area contributed by atoms with Crippen LogP contribution in [0.3, 0.4) is 0 Å². The van der Waals surface area contributed by atoms with Gasteiger partial charge >= 0.3 is 6.03 Å². The maximum atomic E-state index is 14.0. The number of amides is 5. The summed E-state index contributed by atoms with van der Waals surface area (Å²) in [7, 11) is 0. The topological polar surface area (TPSA) is 181 Å². The Hall–Kier alpha value is -4.51. The summed E-state index contributed by atoms with van der Waals surface area (Å²) in [6.07, 6.45) is 0.0689. The third-order valence-corrected chi connectivity index (χ3v) is 7.32. The third-order valence-electron chi connectivity index (χ3n) is 7.32. The number of para-hydroxylation sites is 1. The fourth-order valence-corrected chi connectivity index (χ4v) is 5.50. The lowest BCUT2D eigenvalue weighted by molar-refractivity contribution is -0.138. The number of primary amides is 2. The lowest BCUT2D eigenvalue weighted by atomic mass is 9.71. The van der Waals surface area contributed by atoms with Gasteiger partial charge in [-0.05, 0) is 63.1 Å². The Bertz CT molecular complexity index is 1470. The van der Waals surface area contributed by atoms with Crippen LogP contribution >= 0.6 is 0 Å². The van der Waals surface area contributed by atoms with E-state index in [2.05, 4.69) is 15.6 Å². The molecule has 3 aromatic rings. The van der Waals surface area contributed by atoms with Gasteiger partial charge in [0.25, 0.3) is 5.91 Å². The highest BCUT2D eigenvalue weighted by Gasteiger charge is 2.57. The van der Waals surface area contributed by atoms with E-state index in [4.69, 9.17) is 11.5 Å². The zero-order valence-corrected chi connectivity index (χ0v) is 26.0. The van der Waals surface area contributed by atoms with Gasteiger partial charge in [0.15, 0.2) is 5.54 Å². The third kappa shape index (κ3) is 8.10. The van der Waals surface area contributed by atoms with E-state index in [1.165, 1.54) is 11.0 Å². The van der Waals surface area contributed by atoms with Crippen molar-refractivity contribution in [2.75, 3.05) is 13.2 Å². The summed E-state index contributed by atoms with van der Waals surface area (Å²) in [6.45, 7) is 8.61. The fourth-order valence-electron chi connectivity index (χ4n) is 5.50. The van der Waals surface area contributed by atoms with Crippen molar-refractivity contribution in [1.82, 2.24) is 20.5 Å². The van der Waals surface area contributed by atoms with E-state index in [0.29, 0.717) is 5.52 Å². The average molecular weight is 605 g/mol. The number of pyridine rings is 1. The first-order valence-electron chi connectivity index (χ1n) is 14.7. The number of hydrogen-bond donors (Lipinski definition) is 5. The molecule has 5 amide bonds. The highest BCUT2D eigenvalue weighted by molar-refractivity contribution is 6.03. The van der Waals surface area contributed by atoms with Crippen LogP contribution < -0.4 is 22.1 Å². The minimum absolute atomic E-state index is 0.00578. The number of nitrogens with one attached hydrogen (secondary N) is 2. The number of carbonyl (C=O) groups excluding carboxylic acids is 4. The Kier molecular flexibility index (Phi) is 11.1. The molecule has 0 aliphatic heterocycles. The van der Waals surface area contributed by atoms with Crippen molar-refractivity contribution in [2.24, 2.45) is 23.3 Å². The Morgan fingerprint density at radius 2 is 1.55 bits per heavy atom. The molecule has 0 bridgehead atoms. The smallest absolute Gasteiger partial charge is 0.318 e. The number of nitrogens with two attached hydrogens (primary N) is 2. The summed E-state index contributed by atoms with van der Waals surface area (Å²) in [4.78, 5) is 60.9. The van der Waals surface area contributed by atoms with Crippen molar-refractivity contribution in [3.05, 3.63) is 78.0 Å². The molecule has 0 aliphatic rings. The first kappa shape index (κ1) is 34.0. The van der Waals surface area contributed by atoms with Gasteiger partial charge in [-0.25, -0.2) is 9.78 Å². The number of aliphatic hydroxyl groups is 1.